The van der Waals surface area contributed by atoms with E-state index in [-0.39, 0.29) is 17.5 Å². The van der Waals surface area contributed by atoms with Gasteiger partial charge in [0.15, 0.2) is 0 Å². The zero-order valence-electron chi connectivity index (χ0n) is 13.9. The van der Waals surface area contributed by atoms with Crippen LogP contribution in [0.3, 0.4) is 0 Å². The van der Waals surface area contributed by atoms with Crippen LogP contribution in [0.25, 0.3) is 0 Å². The molecule has 0 aliphatic rings. The quantitative estimate of drug-likeness (QED) is 0.511. The standard InChI is InChI=1S/C16H22N2O5S/c1-16(2,3)23-15(22)18-12(14(20)21)9-24-10-17-13(19)11-7-5-4-6-8-11/h4-8,12H,9-10H2,1-3H3,(H,17,19)(H,18,22)(H,20,21)/t12-/m0/s1. The van der Waals surface area contributed by atoms with E-state index in [0.29, 0.717) is 5.56 Å². The van der Waals surface area contributed by atoms with E-state index in [1.807, 2.05) is 6.07 Å². The molecular formula is C16H22N2O5S. The Bertz CT molecular complexity index is 572. The first-order valence-electron chi connectivity index (χ1n) is 7.32. The summed E-state index contributed by atoms with van der Waals surface area (Å²) in [5, 5.41) is 14.1. The number of carbonyl (C=O) groups is 3. The summed E-state index contributed by atoms with van der Waals surface area (Å²) in [6.07, 6.45) is -0.788. The molecule has 0 spiro atoms. The Morgan fingerprint density at radius 2 is 1.83 bits per heavy atom. The molecule has 0 heterocycles. The molecule has 0 bridgehead atoms. The van der Waals surface area contributed by atoms with E-state index in [4.69, 9.17) is 9.84 Å². The highest BCUT2D eigenvalue weighted by atomic mass is 32.2. The molecule has 0 aliphatic heterocycles. The molecule has 1 rings (SSSR count). The molecule has 0 saturated heterocycles. The third kappa shape index (κ3) is 7.87. The Kier molecular flexibility index (Phi) is 7.57. The number of carboxylic acid groups (broad SMARTS) is 1. The first-order chi connectivity index (χ1) is 11.2. The minimum absolute atomic E-state index is 0.101. The summed E-state index contributed by atoms with van der Waals surface area (Å²) in [5.41, 5.74) is -0.177. The van der Waals surface area contributed by atoms with Crippen molar-refractivity contribution in [1.29, 1.82) is 0 Å². The highest BCUT2D eigenvalue weighted by Crippen LogP contribution is 2.08. The zero-order chi connectivity index (χ0) is 18.2. The molecule has 8 heteroatoms. The largest absolute Gasteiger partial charge is 0.480 e. The average Bonchev–Trinajstić information content (AvgIpc) is 2.48. The highest BCUT2D eigenvalue weighted by Gasteiger charge is 2.23. The van der Waals surface area contributed by atoms with Crippen molar-refractivity contribution in [2.75, 3.05) is 11.6 Å². The lowest BCUT2D eigenvalue weighted by Crippen LogP contribution is -2.45. The Hall–Kier alpha value is -2.22. The molecule has 0 radical (unpaired) electrons. The van der Waals surface area contributed by atoms with E-state index in [9.17, 15) is 14.4 Å². The Morgan fingerprint density at radius 3 is 2.38 bits per heavy atom. The lowest BCUT2D eigenvalue weighted by Gasteiger charge is -2.21. The molecular weight excluding hydrogens is 332 g/mol. The van der Waals surface area contributed by atoms with Gasteiger partial charge in [0.1, 0.15) is 11.6 Å². The number of hydrogen-bond donors (Lipinski definition) is 3. The van der Waals surface area contributed by atoms with Gasteiger partial charge in [0.25, 0.3) is 5.91 Å². The van der Waals surface area contributed by atoms with Crippen LogP contribution in [0.5, 0.6) is 0 Å². The van der Waals surface area contributed by atoms with Gasteiger partial charge in [0, 0.05) is 11.3 Å². The van der Waals surface area contributed by atoms with Gasteiger partial charge in [-0.1, -0.05) is 18.2 Å². The maximum absolute atomic E-state index is 11.8. The maximum atomic E-state index is 11.8. The molecule has 3 N–H and O–H groups in total. The predicted molar refractivity (Wildman–Crippen MR) is 92.0 cm³/mol. The number of benzene rings is 1. The molecule has 1 aromatic carbocycles. The number of carboxylic acids is 1. The maximum Gasteiger partial charge on any atom is 0.408 e. The van der Waals surface area contributed by atoms with E-state index >= 15 is 0 Å². The number of thioether (sulfide) groups is 1. The summed E-state index contributed by atoms with van der Waals surface area (Å²) >= 11 is 1.19. The van der Waals surface area contributed by atoms with Crippen LogP contribution >= 0.6 is 11.8 Å². The van der Waals surface area contributed by atoms with Crippen LogP contribution in [0.1, 0.15) is 31.1 Å². The van der Waals surface area contributed by atoms with Crippen LogP contribution in [0.2, 0.25) is 0 Å². The van der Waals surface area contributed by atoms with Gasteiger partial charge in [-0.25, -0.2) is 9.59 Å². The fraction of sp³-hybridized carbons (Fsp3) is 0.438. The molecule has 7 nitrogen and oxygen atoms in total. The summed E-state index contributed by atoms with van der Waals surface area (Å²) in [5.74, 6) is -1.07. The second kappa shape index (κ2) is 9.17. The minimum Gasteiger partial charge on any atom is -0.480 e. The third-order valence-electron chi connectivity index (χ3n) is 2.64. The van der Waals surface area contributed by atoms with Gasteiger partial charge in [0.05, 0.1) is 5.88 Å². The summed E-state index contributed by atoms with van der Waals surface area (Å²) in [6, 6.07) is 7.60. The van der Waals surface area contributed by atoms with Crippen molar-refractivity contribution in [3.8, 4) is 0 Å². The van der Waals surface area contributed by atoms with E-state index in [1.165, 1.54) is 11.8 Å². The van der Waals surface area contributed by atoms with Crippen LogP contribution in [0.4, 0.5) is 4.79 Å². The second-order valence-corrected chi connectivity index (χ2v) is 6.95. The van der Waals surface area contributed by atoms with Gasteiger partial charge in [-0.3, -0.25) is 4.79 Å². The Labute approximate surface area is 145 Å². The van der Waals surface area contributed by atoms with Gasteiger partial charge < -0.3 is 20.5 Å². The van der Waals surface area contributed by atoms with Gasteiger partial charge in [-0.2, -0.15) is 0 Å². The topological polar surface area (TPSA) is 105 Å². The number of ether oxygens (including phenoxy) is 1. The van der Waals surface area contributed by atoms with Crippen molar-refractivity contribution in [1.82, 2.24) is 10.6 Å². The molecule has 1 aromatic rings. The van der Waals surface area contributed by atoms with E-state index < -0.39 is 23.7 Å². The van der Waals surface area contributed by atoms with Gasteiger partial charge >= 0.3 is 12.1 Å². The summed E-state index contributed by atoms with van der Waals surface area (Å²) in [6.45, 7) is 5.07. The van der Waals surface area contributed by atoms with Crippen molar-refractivity contribution in [2.24, 2.45) is 0 Å². The van der Waals surface area contributed by atoms with Crippen molar-refractivity contribution >= 4 is 29.7 Å². The summed E-state index contributed by atoms with van der Waals surface area (Å²) in [4.78, 5) is 34.6. The first kappa shape index (κ1) is 19.8. The number of hydrogen-bond acceptors (Lipinski definition) is 5. The number of amides is 2. The van der Waals surface area contributed by atoms with Crippen LogP contribution in [-0.4, -0.2) is 46.3 Å². The number of alkyl carbamates (subject to hydrolysis) is 1. The van der Waals surface area contributed by atoms with Crippen LogP contribution in [-0.2, 0) is 9.53 Å². The smallest absolute Gasteiger partial charge is 0.408 e. The van der Waals surface area contributed by atoms with E-state index in [0.717, 1.165) is 0 Å². The SMILES string of the molecule is CC(C)(C)OC(=O)N[C@@H](CSCNC(=O)c1ccccc1)C(=O)O. The van der Waals surface area contributed by atoms with Crippen LogP contribution in [0, 0.1) is 0 Å². The Morgan fingerprint density at radius 1 is 1.21 bits per heavy atom. The van der Waals surface area contributed by atoms with E-state index in [1.54, 1.807) is 45.0 Å². The molecule has 0 unspecified atom stereocenters. The van der Waals surface area contributed by atoms with Gasteiger partial charge in [-0.05, 0) is 32.9 Å². The molecule has 24 heavy (non-hydrogen) atoms. The van der Waals surface area contributed by atoms with Gasteiger partial charge in [0.2, 0.25) is 0 Å². The molecule has 0 fully saturated rings. The zero-order valence-corrected chi connectivity index (χ0v) is 14.7. The van der Waals surface area contributed by atoms with Crippen LogP contribution < -0.4 is 10.6 Å². The monoisotopic (exact) mass is 354 g/mol. The molecule has 1 atom stereocenters. The lowest BCUT2D eigenvalue weighted by molar-refractivity contribution is -0.138. The molecule has 0 aromatic heterocycles. The van der Waals surface area contributed by atoms with Gasteiger partial charge in [-0.15, -0.1) is 11.8 Å². The Balaban J connectivity index is 2.38. The average molecular weight is 354 g/mol. The van der Waals surface area contributed by atoms with Crippen molar-refractivity contribution < 1.29 is 24.2 Å². The van der Waals surface area contributed by atoms with Crippen LogP contribution in [0.15, 0.2) is 30.3 Å². The summed E-state index contributed by atoms with van der Waals surface area (Å²) in [7, 11) is 0. The highest BCUT2D eigenvalue weighted by molar-refractivity contribution is 7.99. The molecule has 0 saturated carbocycles. The molecule has 132 valence electrons. The van der Waals surface area contributed by atoms with Crippen molar-refractivity contribution in [2.45, 2.75) is 32.4 Å². The predicted octanol–water partition coefficient (Wildman–Crippen LogP) is 2.09. The number of rotatable bonds is 7. The normalized spacial score (nSPS) is 12.1. The fourth-order valence-corrected chi connectivity index (χ4v) is 2.42. The minimum atomic E-state index is -1.16. The molecule has 0 aliphatic carbocycles. The second-order valence-electron chi connectivity index (χ2n) is 5.92. The fourth-order valence-electron chi connectivity index (χ4n) is 1.61. The molecule has 2 amide bonds. The number of nitrogens with one attached hydrogen (secondary N) is 2. The van der Waals surface area contributed by atoms with E-state index in [2.05, 4.69) is 10.6 Å². The number of aliphatic carboxylic acids is 1. The lowest BCUT2D eigenvalue weighted by atomic mass is 10.2. The third-order valence-corrected chi connectivity index (χ3v) is 3.56. The first-order valence-corrected chi connectivity index (χ1v) is 8.48. The summed E-state index contributed by atoms with van der Waals surface area (Å²) < 4.78 is 5.03. The number of carbonyl (C=O) groups excluding carboxylic acids is 2. The van der Waals surface area contributed by atoms with Crippen molar-refractivity contribution in [3.63, 3.8) is 0 Å². The van der Waals surface area contributed by atoms with Crippen molar-refractivity contribution in [3.05, 3.63) is 35.9 Å².